The molecule has 0 fully saturated rings. The number of alkyl halides is 3. The summed E-state index contributed by atoms with van der Waals surface area (Å²) in [5.41, 5.74) is -0.174. The Morgan fingerprint density at radius 3 is 2.43 bits per heavy atom. The SMILES string of the molecule is O=CCc1ccc(C(F)(F)F)cc1Br. The van der Waals surface area contributed by atoms with Crippen LogP contribution in [0.15, 0.2) is 22.7 Å². The molecule has 0 heterocycles. The van der Waals surface area contributed by atoms with Gasteiger partial charge in [-0.15, -0.1) is 0 Å². The van der Waals surface area contributed by atoms with Crippen molar-refractivity contribution in [3.8, 4) is 0 Å². The van der Waals surface area contributed by atoms with E-state index in [1.165, 1.54) is 6.07 Å². The molecule has 0 aliphatic carbocycles. The molecule has 1 aromatic rings. The van der Waals surface area contributed by atoms with Gasteiger partial charge in [-0.2, -0.15) is 13.2 Å². The quantitative estimate of drug-likeness (QED) is 0.752. The van der Waals surface area contributed by atoms with Crippen LogP contribution in [0.3, 0.4) is 0 Å². The lowest BCUT2D eigenvalue weighted by Gasteiger charge is -2.08. The number of aldehydes is 1. The number of hydrogen-bond acceptors (Lipinski definition) is 1. The highest BCUT2D eigenvalue weighted by Crippen LogP contribution is 2.32. The second kappa shape index (κ2) is 4.13. The van der Waals surface area contributed by atoms with Crippen LogP contribution in [-0.4, -0.2) is 6.29 Å². The summed E-state index contributed by atoms with van der Waals surface area (Å²) < 4.78 is 36.9. The summed E-state index contributed by atoms with van der Waals surface area (Å²) in [5.74, 6) is 0. The van der Waals surface area contributed by atoms with Crippen molar-refractivity contribution in [1.29, 1.82) is 0 Å². The number of halogens is 4. The number of rotatable bonds is 2. The van der Waals surface area contributed by atoms with Crippen LogP contribution >= 0.6 is 15.9 Å². The van der Waals surface area contributed by atoms with Gasteiger partial charge >= 0.3 is 6.18 Å². The molecule has 0 unspecified atom stereocenters. The molecular formula is C9H6BrF3O. The van der Waals surface area contributed by atoms with E-state index in [0.29, 0.717) is 16.3 Å². The van der Waals surface area contributed by atoms with Crippen molar-refractivity contribution in [2.24, 2.45) is 0 Å². The lowest BCUT2D eigenvalue weighted by Crippen LogP contribution is -2.05. The second-order valence-corrected chi connectivity index (χ2v) is 3.53. The Morgan fingerprint density at radius 1 is 1.36 bits per heavy atom. The third-order valence-electron chi connectivity index (χ3n) is 1.68. The van der Waals surface area contributed by atoms with E-state index < -0.39 is 11.7 Å². The average molecular weight is 267 g/mol. The van der Waals surface area contributed by atoms with Gasteiger partial charge in [0, 0.05) is 10.9 Å². The van der Waals surface area contributed by atoms with E-state index in [1.54, 1.807) is 0 Å². The Hall–Kier alpha value is -0.840. The highest BCUT2D eigenvalue weighted by molar-refractivity contribution is 9.10. The summed E-state index contributed by atoms with van der Waals surface area (Å²) in [5, 5.41) is 0. The summed E-state index contributed by atoms with van der Waals surface area (Å²) in [7, 11) is 0. The minimum atomic E-state index is -4.35. The Labute approximate surface area is 87.1 Å². The van der Waals surface area contributed by atoms with Crippen molar-refractivity contribution in [3.05, 3.63) is 33.8 Å². The van der Waals surface area contributed by atoms with Crippen LogP contribution in [0.1, 0.15) is 11.1 Å². The fraction of sp³-hybridized carbons (Fsp3) is 0.222. The molecular weight excluding hydrogens is 261 g/mol. The zero-order valence-electron chi connectivity index (χ0n) is 6.94. The van der Waals surface area contributed by atoms with Gasteiger partial charge in [-0.1, -0.05) is 22.0 Å². The molecule has 0 atom stereocenters. The molecule has 0 aliphatic rings. The van der Waals surface area contributed by atoms with Gasteiger partial charge in [-0.3, -0.25) is 0 Å². The Balaban J connectivity index is 3.06. The first kappa shape index (κ1) is 11.2. The molecule has 76 valence electrons. The molecule has 0 N–H and O–H groups in total. The predicted molar refractivity (Wildman–Crippen MR) is 48.9 cm³/mol. The fourth-order valence-corrected chi connectivity index (χ4v) is 1.52. The van der Waals surface area contributed by atoms with Crippen molar-refractivity contribution < 1.29 is 18.0 Å². The van der Waals surface area contributed by atoms with Crippen LogP contribution in [0.25, 0.3) is 0 Å². The van der Waals surface area contributed by atoms with Gasteiger partial charge < -0.3 is 4.79 Å². The van der Waals surface area contributed by atoms with Crippen LogP contribution in [0, 0.1) is 0 Å². The van der Waals surface area contributed by atoms with Crippen LogP contribution in [0.5, 0.6) is 0 Å². The Morgan fingerprint density at radius 2 is 2.00 bits per heavy atom. The first-order chi connectivity index (χ1) is 6.45. The zero-order valence-corrected chi connectivity index (χ0v) is 8.52. The van der Waals surface area contributed by atoms with E-state index in [2.05, 4.69) is 15.9 Å². The minimum absolute atomic E-state index is 0.110. The Bertz CT molecular complexity index is 346. The smallest absolute Gasteiger partial charge is 0.303 e. The molecule has 14 heavy (non-hydrogen) atoms. The predicted octanol–water partition coefficient (Wildman–Crippen LogP) is 3.21. The first-order valence-electron chi connectivity index (χ1n) is 3.74. The summed E-state index contributed by atoms with van der Waals surface area (Å²) in [6.45, 7) is 0. The lowest BCUT2D eigenvalue weighted by molar-refractivity contribution is -0.137. The van der Waals surface area contributed by atoms with Gasteiger partial charge in [0.2, 0.25) is 0 Å². The third-order valence-corrected chi connectivity index (χ3v) is 2.42. The van der Waals surface area contributed by atoms with Gasteiger partial charge in [0.05, 0.1) is 5.56 Å². The molecule has 0 spiro atoms. The van der Waals surface area contributed by atoms with E-state index in [4.69, 9.17) is 0 Å². The molecule has 0 saturated heterocycles. The standard InChI is InChI=1S/C9H6BrF3O/c10-8-5-7(9(11,12)13)2-1-6(8)3-4-14/h1-2,4-5H,3H2. The third kappa shape index (κ3) is 2.57. The average Bonchev–Trinajstić information content (AvgIpc) is 2.07. The van der Waals surface area contributed by atoms with Crippen LogP contribution in [0.2, 0.25) is 0 Å². The molecule has 0 amide bonds. The highest BCUT2D eigenvalue weighted by Gasteiger charge is 2.30. The molecule has 1 nitrogen and oxygen atoms in total. The van der Waals surface area contributed by atoms with Gasteiger partial charge in [0.1, 0.15) is 6.29 Å². The van der Waals surface area contributed by atoms with Gasteiger partial charge in [-0.05, 0) is 17.7 Å². The van der Waals surface area contributed by atoms with Crippen LogP contribution < -0.4 is 0 Å². The maximum absolute atomic E-state index is 12.2. The topological polar surface area (TPSA) is 17.1 Å². The van der Waals surface area contributed by atoms with Crippen LogP contribution in [0.4, 0.5) is 13.2 Å². The van der Waals surface area contributed by atoms with Crippen molar-refractivity contribution in [3.63, 3.8) is 0 Å². The summed E-state index contributed by atoms with van der Waals surface area (Å²) in [4.78, 5) is 10.2. The van der Waals surface area contributed by atoms with E-state index in [-0.39, 0.29) is 6.42 Å². The molecule has 5 heteroatoms. The molecule has 0 radical (unpaired) electrons. The minimum Gasteiger partial charge on any atom is -0.303 e. The summed E-state index contributed by atoms with van der Waals surface area (Å²) >= 11 is 2.98. The van der Waals surface area contributed by atoms with Crippen molar-refractivity contribution in [2.45, 2.75) is 12.6 Å². The van der Waals surface area contributed by atoms with Gasteiger partial charge in [0.15, 0.2) is 0 Å². The number of carbonyl (C=O) groups excluding carboxylic acids is 1. The lowest BCUT2D eigenvalue weighted by atomic mass is 10.1. The molecule has 1 aromatic carbocycles. The summed E-state index contributed by atoms with van der Waals surface area (Å²) in [6.07, 6.45) is -3.59. The van der Waals surface area contributed by atoms with Crippen molar-refractivity contribution in [1.82, 2.24) is 0 Å². The Kier molecular flexibility index (Phi) is 3.31. The fourth-order valence-electron chi connectivity index (χ4n) is 0.979. The van der Waals surface area contributed by atoms with Gasteiger partial charge in [0.25, 0.3) is 0 Å². The molecule has 0 bridgehead atoms. The molecule has 0 aromatic heterocycles. The second-order valence-electron chi connectivity index (χ2n) is 2.67. The van der Waals surface area contributed by atoms with Gasteiger partial charge in [-0.25, -0.2) is 0 Å². The molecule has 1 rings (SSSR count). The molecule has 0 aliphatic heterocycles. The number of benzene rings is 1. The van der Waals surface area contributed by atoms with E-state index in [0.717, 1.165) is 12.1 Å². The zero-order chi connectivity index (χ0) is 10.8. The van der Waals surface area contributed by atoms with Crippen molar-refractivity contribution >= 4 is 22.2 Å². The number of hydrogen-bond donors (Lipinski definition) is 0. The molecule has 0 saturated carbocycles. The number of carbonyl (C=O) groups is 1. The largest absolute Gasteiger partial charge is 0.416 e. The van der Waals surface area contributed by atoms with E-state index in [1.807, 2.05) is 0 Å². The maximum Gasteiger partial charge on any atom is 0.416 e. The highest BCUT2D eigenvalue weighted by atomic mass is 79.9. The van der Waals surface area contributed by atoms with Crippen LogP contribution in [-0.2, 0) is 17.4 Å². The maximum atomic E-state index is 12.2. The van der Waals surface area contributed by atoms with E-state index >= 15 is 0 Å². The summed E-state index contributed by atoms with van der Waals surface area (Å²) in [6, 6.07) is 3.23. The monoisotopic (exact) mass is 266 g/mol. The normalized spacial score (nSPS) is 11.4. The first-order valence-corrected chi connectivity index (χ1v) is 4.53. The van der Waals surface area contributed by atoms with Crippen molar-refractivity contribution in [2.75, 3.05) is 0 Å². The van der Waals surface area contributed by atoms with E-state index in [9.17, 15) is 18.0 Å².